The van der Waals surface area contributed by atoms with Gasteiger partial charge in [0, 0.05) is 24.5 Å². The van der Waals surface area contributed by atoms with Crippen LogP contribution in [0.2, 0.25) is 0 Å². The van der Waals surface area contributed by atoms with Crippen LogP contribution in [0.4, 0.5) is 0 Å². The number of aliphatic hydroxyl groups excluding tert-OH is 1. The lowest BCUT2D eigenvalue weighted by atomic mass is 9.95. The number of aromatic nitrogens is 1. The molecule has 0 unspecified atom stereocenters. The molecule has 0 radical (unpaired) electrons. The fourth-order valence-corrected chi connectivity index (χ4v) is 5.44. The van der Waals surface area contributed by atoms with Gasteiger partial charge in [-0.1, -0.05) is 30.3 Å². The number of aliphatic hydroxyl groups is 1. The van der Waals surface area contributed by atoms with Gasteiger partial charge < -0.3 is 10.2 Å². The van der Waals surface area contributed by atoms with Crippen LogP contribution < -0.4 is 0 Å². The Bertz CT molecular complexity index is 1070. The average Bonchev–Trinajstić information content (AvgIpc) is 2.71. The predicted octanol–water partition coefficient (Wildman–Crippen LogP) is 2.64. The summed E-state index contributed by atoms with van der Waals surface area (Å²) in [5, 5.41) is 20.6. The summed E-state index contributed by atoms with van der Waals surface area (Å²) in [4.78, 5) is 4.12. The SMILES string of the molecule is O=S1(=O)c2ccccc2[C@H](O)[C@@H](Cc2ccc(O)cc2)N1Cc1ccncc1. The Hall–Kier alpha value is -2.74. The third kappa shape index (κ3) is 3.40. The molecule has 2 aromatic carbocycles. The Morgan fingerprint density at radius 1 is 0.929 bits per heavy atom. The van der Waals surface area contributed by atoms with E-state index in [2.05, 4.69) is 4.98 Å². The number of rotatable bonds is 4. The predicted molar refractivity (Wildman–Crippen MR) is 104 cm³/mol. The largest absolute Gasteiger partial charge is 0.508 e. The standard InChI is InChI=1S/C21H20N2O4S/c24-17-7-5-15(6-8-17)13-19-21(25)18-3-1-2-4-20(18)28(26,27)23(19)14-16-9-11-22-12-10-16/h1-12,19,21,24-25H,13-14H2/t19-,21+/m1/s1. The molecule has 0 spiro atoms. The molecule has 28 heavy (non-hydrogen) atoms. The number of phenols is 1. The minimum absolute atomic E-state index is 0.138. The van der Waals surface area contributed by atoms with E-state index >= 15 is 0 Å². The lowest BCUT2D eigenvalue weighted by Crippen LogP contribution is -2.48. The number of pyridine rings is 1. The smallest absolute Gasteiger partial charge is 0.244 e. The maximum absolute atomic E-state index is 13.4. The molecule has 0 amide bonds. The monoisotopic (exact) mass is 396 g/mol. The topological polar surface area (TPSA) is 90.7 Å². The van der Waals surface area contributed by atoms with E-state index in [0.29, 0.717) is 12.0 Å². The van der Waals surface area contributed by atoms with Crippen molar-refractivity contribution in [3.63, 3.8) is 0 Å². The van der Waals surface area contributed by atoms with Crippen LogP contribution in [-0.4, -0.2) is 34.0 Å². The Morgan fingerprint density at radius 3 is 2.32 bits per heavy atom. The molecular formula is C21H20N2O4S. The van der Waals surface area contributed by atoms with Gasteiger partial charge >= 0.3 is 0 Å². The maximum atomic E-state index is 13.4. The van der Waals surface area contributed by atoms with Crippen LogP contribution >= 0.6 is 0 Å². The highest BCUT2D eigenvalue weighted by atomic mass is 32.2. The Labute approximate surface area is 163 Å². The third-order valence-electron chi connectivity index (χ3n) is 5.03. The lowest BCUT2D eigenvalue weighted by molar-refractivity contribution is 0.0769. The molecule has 0 fully saturated rings. The molecule has 3 aromatic rings. The summed E-state index contributed by atoms with van der Waals surface area (Å²) >= 11 is 0. The van der Waals surface area contributed by atoms with Crippen molar-refractivity contribution >= 4 is 10.0 Å². The summed E-state index contributed by atoms with van der Waals surface area (Å²) < 4.78 is 28.1. The highest BCUT2D eigenvalue weighted by Gasteiger charge is 2.43. The molecule has 1 aromatic heterocycles. The van der Waals surface area contributed by atoms with Gasteiger partial charge in [-0.05, 0) is 47.9 Å². The van der Waals surface area contributed by atoms with Crippen molar-refractivity contribution in [1.29, 1.82) is 0 Å². The molecule has 0 aliphatic carbocycles. The highest BCUT2D eigenvalue weighted by Crippen LogP contribution is 2.39. The first-order valence-corrected chi connectivity index (χ1v) is 10.4. The summed E-state index contributed by atoms with van der Waals surface area (Å²) in [7, 11) is -3.79. The minimum atomic E-state index is -3.79. The van der Waals surface area contributed by atoms with E-state index in [1.54, 1.807) is 67.0 Å². The van der Waals surface area contributed by atoms with E-state index in [0.717, 1.165) is 11.1 Å². The van der Waals surface area contributed by atoms with Gasteiger partial charge in [-0.2, -0.15) is 4.31 Å². The van der Waals surface area contributed by atoms with Gasteiger partial charge in [-0.3, -0.25) is 4.98 Å². The van der Waals surface area contributed by atoms with E-state index in [-0.39, 0.29) is 17.2 Å². The summed E-state index contributed by atoms with van der Waals surface area (Å²) in [5.74, 6) is 0.138. The first kappa shape index (κ1) is 18.6. The second kappa shape index (κ2) is 7.35. The quantitative estimate of drug-likeness (QED) is 0.708. The van der Waals surface area contributed by atoms with Crippen LogP contribution in [-0.2, 0) is 23.0 Å². The summed E-state index contributed by atoms with van der Waals surface area (Å²) in [5.41, 5.74) is 2.04. The van der Waals surface area contributed by atoms with Crippen LogP contribution in [0.15, 0.2) is 78.0 Å². The van der Waals surface area contributed by atoms with Gasteiger partial charge in [0.2, 0.25) is 10.0 Å². The van der Waals surface area contributed by atoms with Crippen LogP contribution in [0.5, 0.6) is 5.75 Å². The molecule has 1 aliphatic heterocycles. The van der Waals surface area contributed by atoms with Crippen molar-refractivity contribution in [1.82, 2.24) is 9.29 Å². The Morgan fingerprint density at radius 2 is 1.61 bits per heavy atom. The van der Waals surface area contributed by atoms with Gasteiger partial charge in [0.1, 0.15) is 5.75 Å². The Balaban J connectivity index is 1.78. The number of nitrogens with zero attached hydrogens (tertiary/aromatic N) is 2. The second-order valence-corrected chi connectivity index (χ2v) is 8.69. The number of sulfonamides is 1. The molecular weight excluding hydrogens is 376 g/mol. The van der Waals surface area contributed by atoms with Gasteiger partial charge in [-0.25, -0.2) is 8.42 Å². The van der Waals surface area contributed by atoms with E-state index in [4.69, 9.17) is 0 Å². The van der Waals surface area contributed by atoms with Crippen LogP contribution in [0, 0.1) is 0 Å². The molecule has 0 saturated carbocycles. The minimum Gasteiger partial charge on any atom is -0.508 e. The van der Waals surface area contributed by atoms with Crippen molar-refractivity contribution in [2.24, 2.45) is 0 Å². The molecule has 144 valence electrons. The van der Waals surface area contributed by atoms with E-state index < -0.39 is 22.2 Å². The van der Waals surface area contributed by atoms with Crippen molar-refractivity contribution < 1.29 is 18.6 Å². The van der Waals surface area contributed by atoms with Gasteiger partial charge in [-0.15, -0.1) is 0 Å². The molecule has 2 N–H and O–H groups in total. The number of fused-ring (bicyclic) bond motifs is 1. The zero-order chi connectivity index (χ0) is 19.7. The van der Waals surface area contributed by atoms with Gasteiger partial charge in [0.15, 0.2) is 0 Å². The summed E-state index contributed by atoms with van der Waals surface area (Å²) in [6.45, 7) is 0.138. The van der Waals surface area contributed by atoms with Crippen LogP contribution in [0.1, 0.15) is 22.8 Å². The molecule has 2 atom stereocenters. The highest BCUT2D eigenvalue weighted by molar-refractivity contribution is 7.89. The second-order valence-electron chi connectivity index (χ2n) is 6.83. The van der Waals surface area contributed by atoms with E-state index in [9.17, 15) is 18.6 Å². The molecule has 0 saturated heterocycles. The Kier molecular flexibility index (Phi) is 4.89. The zero-order valence-corrected chi connectivity index (χ0v) is 15.8. The van der Waals surface area contributed by atoms with Gasteiger partial charge in [0.25, 0.3) is 0 Å². The number of aromatic hydroxyl groups is 1. The molecule has 7 heteroatoms. The lowest BCUT2D eigenvalue weighted by Gasteiger charge is -2.39. The molecule has 1 aliphatic rings. The first-order chi connectivity index (χ1) is 13.5. The third-order valence-corrected chi connectivity index (χ3v) is 6.97. The fourth-order valence-electron chi connectivity index (χ4n) is 3.59. The first-order valence-electron chi connectivity index (χ1n) is 8.92. The molecule has 6 nitrogen and oxygen atoms in total. The fraction of sp³-hybridized carbons (Fsp3) is 0.190. The van der Waals surface area contributed by atoms with Crippen molar-refractivity contribution in [2.75, 3.05) is 0 Å². The van der Waals surface area contributed by atoms with Gasteiger partial charge in [0.05, 0.1) is 17.0 Å². The van der Waals surface area contributed by atoms with E-state index in [1.165, 1.54) is 10.4 Å². The average molecular weight is 396 g/mol. The molecule has 0 bridgehead atoms. The van der Waals surface area contributed by atoms with Crippen LogP contribution in [0.3, 0.4) is 0 Å². The number of benzene rings is 2. The molecule has 4 rings (SSSR count). The number of phenolic OH excluding ortho intramolecular Hbond substituents is 1. The summed E-state index contributed by atoms with van der Waals surface area (Å²) in [6.07, 6.45) is 2.59. The normalized spacial score (nSPS) is 21.2. The number of hydrogen-bond donors (Lipinski definition) is 2. The zero-order valence-electron chi connectivity index (χ0n) is 15.0. The number of hydrogen-bond acceptors (Lipinski definition) is 5. The van der Waals surface area contributed by atoms with Crippen molar-refractivity contribution in [2.45, 2.75) is 30.0 Å². The maximum Gasteiger partial charge on any atom is 0.244 e. The van der Waals surface area contributed by atoms with Crippen molar-refractivity contribution in [3.8, 4) is 5.75 Å². The van der Waals surface area contributed by atoms with Crippen molar-refractivity contribution in [3.05, 3.63) is 89.7 Å². The molecule has 2 heterocycles. The summed E-state index contributed by atoms with van der Waals surface area (Å²) in [6, 6.07) is 16.0. The van der Waals surface area contributed by atoms with Crippen LogP contribution in [0.25, 0.3) is 0 Å². The van der Waals surface area contributed by atoms with E-state index in [1.807, 2.05) is 0 Å².